The molecule has 2 rings (SSSR count). The summed E-state index contributed by atoms with van der Waals surface area (Å²) in [5.74, 6) is -0.377. The predicted octanol–water partition coefficient (Wildman–Crippen LogP) is 4.12. The maximum atomic E-state index is 12.8. The average molecular weight is 321 g/mol. The van der Waals surface area contributed by atoms with Gasteiger partial charge in [0.25, 0.3) is 0 Å². The smallest absolute Gasteiger partial charge is 0.224 e. The molecule has 0 unspecified atom stereocenters. The van der Waals surface area contributed by atoms with Gasteiger partial charge in [0.1, 0.15) is 5.82 Å². The van der Waals surface area contributed by atoms with Gasteiger partial charge in [0.05, 0.1) is 11.4 Å². The minimum Gasteiger partial charge on any atom is -0.376 e. The van der Waals surface area contributed by atoms with Gasteiger partial charge < -0.3 is 10.2 Å². The molecule has 0 fully saturated rings. The topological polar surface area (TPSA) is 32.3 Å². The molecule has 0 radical (unpaired) electrons. The first-order valence-corrected chi connectivity index (χ1v) is 7.34. The summed E-state index contributed by atoms with van der Waals surface area (Å²) in [5.41, 5.74) is 2.50. The summed E-state index contributed by atoms with van der Waals surface area (Å²) in [5, 5.41) is 3.44. The first kappa shape index (κ1) is 16.3. The average Bonchev–Trinajstić information content (AvgIpc) is 2.46. The Hall–Kier alpha value is -2.07. The summed E-state index contributed by atoms with van der Waals surface area (Å²) in [4.78, 5) is 14.0. The number of amides is 1. The van der Waals surface area contributed by atoms with Crippen LogP contribution in [0.5, 0.6) is 0 Å². The Morgan fingerprint density at radius 2 is 1.86 bits per heavy atom. The van der Waals surface area contributed by atoms with Gasteiger partial charge >= 0.3 is 0 Å². The molecule has 116 valence electrons. The van der Waals surface area contributed by atoms with Gasteiger partial charge in [-0.3, -0.25) is 4.79 Å². The van der Waals surface area contributed by atoms with Crippen LogP contribution in [-0.2, 0) is 11.2 Å². The van der Waals surface area contributed by atoms with E-state index in [1.54, 1.807) is 24.3 Å². The van der Waals surface area contributed by atoms with Crippen molar-refractivity contribution in [2.45, 2.75) is 12.8 Å². The molecule has 1 amide bonds. The van der Waals surface area contributed by atoms with Crippen molar-refractivity contribution in [1.29, 1.82) is 0 Å². The standard InChI is InChI=1S/C17H18ClFN2O/c1-21(2)16-9-6-13(18)11-15(16)20-17(22)10-5-12-3-7-14(19)8-4-12/h3-4,6-9,11H,5,10H2,1-2H3,(H,20,22). The fraction of sp³-hybridized carbons (Fsp3) is 0.235. The largest absolute Gasteiger partial charge is 0.376 e. The first-order chi connectivity index (χ1) is 10.5. The number of rotatable bonds is 5. The van der Waals surface area contributed by atoms with E-state index in [4.69, 9.17) is 11.6 Å². The van der Waals surface area contributed by atoms with Gasteiger partial charge in [-0.1, -0.05) is 23.7 Å². The van der Waals surface area contributed by atoms with Crippen molar-refractivity contribution in [2.24, 2.45) is 0 Å². The first-order valence-electron chi connectivity index (χ1n) is 6.97. The van der Waals surface area contributed by atoms with Crippen LogP contribution in [0.25, 0.3) is 0 Å². The number of aryl methyl sites for hydroxylation is 1. The summed E-state index contributed by atoms with van der Waals surface area (Å²) < 4.78 is 12.8. The molecule has 0 aliphatic rings. The van der Waals surface area contributed by atoms with E-state index in [0.717, 1.165) is 11.3 Å². The van der Waals surface area contributed by atoms with E-state index in [-0.39, 0.29) is 11.7 Å². The predicted molar refractivity (Wildman–Crippen MR) is 89.1 cm³/mol. The number of hydrogen-bond donors (Lipinski definition) is 1. The molecule has 0 heterocycles. The van der Waals surface area contributed by atoms with E-state index in [0.29, 0.717) is 23.6 Å². The molecule has 0 atom stereocenters. The number of carbonyl (C=O) groups excluding carboxylic acids is 1. The van der Waals surface area contributed by atoms with E-state index in [1.165, 1.54) is 12.1 Å². The second-order valence-electron chi connectivity index (χ2n) is 5.23. The van der Waals surface area contributed by atoms with Gasteiger partial charge in [-0.2, -0.15) is 0 Å². The van der Waals surface area contributed by atoms with Crippen LogP contribution in [0, 0.1) is 5.82 Å². The molecule has 2 aromatic carbocycles. The van der Waals surface area contributed by atoms with E-state index < -0.39 is 0 Å². The van der Waals surface area contributed by atoms with Gasteiger partial charge in [-0.15, -0.1) is 0 Å². The van der Waals surface area contributed by atoms with Crippen LogP contribution < -0.4 is 10.2 Å². The maximum absolute atomic E-state index is 12.8. The van der Waals surface area contributed by atoms with Gasteiger partial charge in [0.2, 0.25) is 5.91 Å². The van der Waals surface area contributed by atoms with E-state index in [9.17, 15) is 9.18 Å². The summed E-state index contributed by atoms with van der Waals surface area (Å²) in [6.07, 6.45) is 0.884. The Morgan fingerprint density at radius 3 is 2.50 bits per heavy atom. The number of nitrogens with one attached hydrogen (secondary N) is 1. The van der Waals surface area contributed by atoms with Gasteiger partial charge in [0.15, 0.2) is 0 Å². The van der Waals surface area contributed by atoms with Crippen LogP contribution >= 0.6 is 11.6 Å². The van der Waals surface area contributed by atoms with Crippen molar-refractivity contribution in [3.05, 3.63) is 58.9 Å². The number of carbonyl (C=O) groups is 1. The minimum atomic E-state index is -0.275. The lowest BCUT2D eigenvalue weighted by atomic mass is 10.1. The third-order valence-corrected chi connectivity index (χ3v) is 3.50. The molecule has 1 N–H and O–H groups in total. The van der Waals surface area contributed by atoms with Crippen molar-refractivity contribution in [3.8, 4) is 0 Å². The van der Waals surface area contributed by atoms with E-state index in [2.05, 4.69) is 5.32 Å². The second-order valence-corrected chi connectivity index (χ2v) is 5.67. The third-order valence-electron chi connectivity index (χ3n) is 3.27. The molecule has 0 bridgehead atoms. The zero-order chi connectivity index (χ0) is 16.1. The Morgan fingerprint density at radius 1 is 1.18 bits per heavy atom. The highest BCUT2D eigenvalue weighted by Gasteiger charge is 2.09. The van der Waals surface area contributed by atoms with Crippen LogP contribution in [0.2, 0.25) is 5.02 Å². The quantitative estimate of drug-likeness (QED) is 0.899. The van der Waals surface area contributed by atoms with E-state index in [1.807, 2.05) is 25.1 Å². The second kappa shape index (κ2) is 7.27. The van der Waals surface area contributed by atoms with Crippen LogP contribution in [0.3, 0.4) is 0 Å². The van der Waals surface area contributed by atoms with Gasteiger partial charge in [-0.25, -0.2) is 4.39 Å². The summed E-state index contributed by atoms with van der Waals surface area (Å²) in [6.45, 7) is 0. The lowest BCUT2D eigenvalue weighted by Crippen LogP contribution is -2.17. The molecule has 0 aromatic heterocycles. The number of anilines is 2. The SMILES string of the molecule is CN(C)c1ccc(Cl)cc1NC(=O)CCc1ccc(F)cc1. The molecule has 0 aliphatic heterocycles. The number of halogens is 2. The monoisotopic (exact) mass is 320 g/mol. The van der Waals surface area contributed by atoms with Crippen molar-refractivity contribution < 1.29 is 9.18 Å². The van der Waals surface area contributed by atoms with Crippen LogP contribution in [-0.4, -0.2) is 20.0 Å². The Bertz CT molecular complexity index is 656. The van der Waals surface area contributed by atoms with Crippen molar-refractivity contribution in [1.82, 2.24) is 0 Å². The van der Waals surface area contributed by atoms with Crippen molar-refractivity contribution >= 4 is 28.9 Å². The molecular formula is C17H18ClFN2O. The number of nitrogens with zero attached hydrogens (tertiary/aromatic N) is 1. The zero-order valence-electron chi connectivity index (χ0n) is 12.6. The van der Waals surface area contributed by atoms with Crippen LogP contribution in [0.1, 0.15) is 12.0 Å². The van der Waals surface area contributed by atoms with Crippen LogP contribution in [0.4, 0.5) is 15.8 Å². The van der Waals surface area contributed by atoms with E-state index >= 15 is 0 Å². The maximum Gasteiger partial charge on any atom is 0.224 e. The fourth-order valence-electron chi connectivity index (χ4n) is 2.12. The third kappa shape index (κ3) is 4.46. The van der Waals surface area contributed by atoms with Crippen molar-refractivity contribution in [2.75, 3.05) is 24.3 Å². The molecule has 3 nitrogen and oxygen atoms in total. The fourth-order valence-corrected chi connectivity index (χ4v) is 2.29. The number of hydrogen-bond acceptors (Lipinski definition) is 2. The molecular weight excluding hydrogens is 303 g/mol. The molecule has 22 heavy (non-hydrogen) atoms. The lowest BCUT2D eigenvalue weighted by Gasteiger charge is -2.18. The normalized spacial score (nSPS) is 10.4. The Labute approximate surface area is 134 Å². The Kier molecular flexibility index (Phi) is 5.39. The zero-order valence-corrected chi connectivity index (χ0v) is 13.3. The highest BCUT2D eigenvalue weighted by molar-refractivity contribution is 6.31. The summed E-state index contributed by atoms with van der Waals surface area (Å²) >= 11 is 5.99. The Balaban J connectivity index is 2.00. The lowest BCUT2D eigenvalue weighted by molar-refractivity contribution is -0.116. The highest BCUT2D eigenvalue weighted by atomic mass is 35.5. The van der Waals surface area contributed by atoms with Crippen molar-refractivity contribution in [3.63, 3.8) is 0 Å². The molecule has 0 saturated carbocycles. The molecule has 2 aromatic rings. The van der Waals surface area contributed by atoms with Crippen LogP contribution in [0.15, 0.2) is 42.5 Å². The highest BCUT2D eigenvalue weighted by Crippen LogP contribution is 2.28. The van der Waals surface area contributed by atoms with Gasteiger partial charge in [0, 0.05) is 25.5 Å². The molecule has 0 aliphatic carbocycles. The van der Waals surface area contributed by atoms with Gasteiger partial charge in [-0.05, 0) is 42.3 Å². The molecule has 0 spiro atoms. The minimum absolute atomic E-state index is 0.102. The number of benzene rings is 2. The summed E-state index contributed by atoms with van der Waals surface area (Å²) in [6, 6.07) is 11.5. The summed E-state index contributed by atoms with van der Waals surface area (Å²) in [7, 11) is 3.80. The molecule has 5 heteroatoms. The molecule has 0 saturated heterocycles.